The molecule has 3 aromatic rings. The lowest BCUT2D eigenvalue weighted by Crippen LogP contribution is -2.36. The van der Waals surface area contributed by atoms with Gasteiger partial charge in [-0.05, 0) is 36.8 Å². The Hall–Kier alpha value is -3.19. The molecule has 154 valence electrons. The van der Waals surface area contributed by atoms with Crippen LogP contribution in [0.25, 0.3) is 11.3 Å². The van der Waals surface area contributed by atoms with E-state index in [1.165, 1.54) is 0 Å². The van der Waals surface area contributed by atoms with Crippen LogP contribution in [-0.2, 0) is 25.9 Å². The number of fused-ring (bicyclic) bond motifs is 2. The first kappa shape index (κ1) is 18.8. The molecule has 7 nitrogen and oxygen atoms in total. The molecular weight excluding hydrogens is 380 g/mol. The van der Waals surface area contributed by atoms with Gasteiger partial charge >= 0.3 is 0 Å². The van der Waals surface area contributed by atoms with Gasteiger partial charge in [0.1, 0.15) is 5.82 Å². The summed E-state index contributed by atoms with van der Waals surface area (Å²) < 4.78 is 10.9. The number of benzene rings is 1. The summed E-state index contributed by atoms with van der Waals surface area (Å²) in [6.07, 6.45) is 2.57. The minimum atomic E-state index is -0.00443. The van der Waals surface area contributed by atoms with Crippen LogP contribution in [0.4, 0.5) is 0 Å². The van der Waals surface area contributed by atoms with Gasteiger partial charge in [-0.25, -0.2) is 4.98 Å². The van der Waals surface area contributed by atoms with Gasteiger partial charge in [-0.2, -0.15) is 0 Å². The van der Waals surface area contributed by atoms with Gasteiger partial charge in [0.25, 0.3) is 5.56 Å². The van der Waals surface area contributed by atoms with Crippen LogP contribution in [0.5, 0.6) is 11.5 Å². The Morgan fingerprint density at radius 3 is 2.93 bits per heavy atom. The average molecular weight is 404 g/mol. The second kappa shape index (κ2) is 7.91. The molecule has 0 unspecified atom stereocenters. The Morgan fingerprint density at radius 1 is 1.13 bits per heavy atom. The highest BCUT2D eigenvalue weighted by molar-refractivity contribution is 5.64. The molecule has 0 aliphatic carbocycles. The number of hydrogen-bond donors (Lipinski definition) is 1. The number of aromatic nitrogens is 3. The highest BCUT2D eigenvalue weighted by atomic mass is 16.7. The molecule has 5 rings (SSSR count). The smallest absolute Gasteiger partial charge is 0.255 e. The summed E-state index contributed by atoms with van der Waals surface area (Å²) in [6, 6.07) is 11.9. The molecule has 2 aromatic heterocycles. The van der Waals surface area contributed by atoms with Gasteiger partial charge < -0.3 is 14.5 Å². The molecule has 0 radical (unpaired) electrons. The number of hydrogen-bond acceptors (Lipinski definition) is 6. The lowest BCUT2D eigenvalue weighted by molar-refractivity contribution is 0.174. The molecule has 1 N–H and O–H groups in total. The second-order valence-corrected chi connectivity index (χ2v) is 7.73. The van der Waals surface area contributed by atoms with Crippen LogP contribution >= 0.6 is 0 Å². The van der Waals surface area contributed by atoms with Crippen LogP contribution in [-0.4, -0.2) is 33.2 Å². The van der Waals surface area contributed by atoms with Crippen molar-refractivity contribution in [2.45, 2.75) is 39.3 Å². The first-order valence-corrected chi connectivity index (χ1v) is 10.4. The van der Waals surface area contributed by atoms with Gasteiger partial charge in [0, 0.05) is 38.0 Å². The predicted octanol–water partition coefficient (Wildman–Crippen LogP) is 3.07. The zero-order chi connectivity index (χ0) is 20.5. The highest BCUT2D eigenvalue weighted by Gasteiger charge is 2.22. The van der Waals surface area contributed by atoms with E-state index >= 15 is 0 Å². The van der Waals surface area contributed by atoms with Gasteiger partial charge in [0.15, 0.2) is 11.5 Å². The summed E-state index contributed by atoms with van der Waals surface area (Å²) in [7, 11) is 0. The molecular formula is C23H24N4O3. The second-order valence-electron chi connectivity index (χ2n) is 7.73. The van der Waals surface area contributed by atoms with Crippen molar-refractivity contribution in [2.24, 2.45) is 0 Å². The van der Waals surface area contributed by atoms with Gasteiger partial charge in [-0.15, -0.1) is 0 Å². The van der Waals surface area contributed by atoms with E-state index in [2.05, 4.69) is 21.8 Å². The summed E-state index contributed by atoms with van der Waals surface area (Å²) >= 11 is 0. The zero-order valence-electron chi connectivity index (χ0n) is 17.0. The van der Waals surface area contributed by atoms with E-state index in [0.717, 1.165) is 71.3 Å². The van der Waals surface area contributed by atoms with Crippen molar-refractivity contribution in [1.82, 2.24) is 19.9 Å². The number of H-pyrrole nitrogens is 1. The number of nitrogens with zero attached hydrogens (tertiary/aromatic N) is 3. The lowest BCUT2D eigenvalue weighted by atomic mass is 10.1. The predicted molar refractivity (Wildman–Crippen MR) is 112 cm³/mol. The summed E-state index contributed by atoms with van der Waals surface area (Å²) in [6.45, 7) is 4.50. The maximum Gasteiger partial charge on any atom is 0.255 e. The normalized spacial score (nSPS) is 15.2. The summed E-state index contributed by atoms with van der Waals surface area (Å²) in [4.78, 5) is 27.2. The first-order valence-electron chi connectivity index (χ1n) is 10.4. The largest absolute Gasteiger partial charge is 0.454 e. The fourth-order valence-electron chi connectivity index (χ4n) is 4.04. The van der Waals surface area contributed by atoms with E-state index < -0.39 is 0 Å². The van der Waals surface area contributed by atoms with Crippen LogP contribution in [0.1, 0.15) is 36.1 Å². The molecule has 0 fully saturated rings. The van der Waals surface area contributed by atoms with Gasteiger partial charge in [-0.3, -0.25) is 14.7 Å². The Labute approximate surface area is 174 Å². The molecule has 1 aromatic carbocycles. The number of pyridine rings is 1. The first-order chi connectivity index (χ1) is 14.7. The third-order valence-corrected chi connectivity index (χ3v) is 5.54. The molecule has 0 amide bonds. The van der Waals surface area contributed by atoms with E-state index in [0.29, 0.717) is 13.1 Å². The average Bonchev–Trinajstić information content (AvgIpc) is 3.23. The van der Waals surface area contributed by atoms with Crippen LogP contribution in [0.2, 0.25) is 0 Å². The van der Waals surface area contributed by atoms with E-state index in [9.17, 15) is 4.79 Å². The Balaban J connectivity index is 1.34. The molecule has 2 aliphatic rings. The zero-order valence-corrected chi connectivity index (χ0v) is 17.0. The number of ether oxygens (including phenoxy) is 2. The van der Waals surface area contributed by atoms with Crippen LogP contribution in [0.15, 0.2) is 41.2 Å². The minimum absolute atomic E-state index is 0.00443. The van der Waals surface area contributed by atoms with Crippen molar-refractivity contribution in [2.75, 3.05) is 13.3 Å². The monoisotopic (exact) mass is 404 g/mol. The van der Waals surface area contributed by atoms with E-state index in [-0.39, 0.29) is 12.4 Å². The summed E-state index contributed by atoms with van der Waals surface area (Å²) in [5.74, 6) is 2.32. The lowest BCUT2D eigenvalue weighted by Gasteiger charge is -2.27. The van der Waals surface area contributed by atoms with Crippen molar-refractivity contribution >= 4 is 0 Å². The number of rotatable bonds is 5. The Kier molecular flexibility index (Phi) is 4.96. The van der Waals surface area contributed by atoms with Crippen molar-refractivity contribution < 1.29 is 9.47 Å². The van der Waals surface area contributed by atoms with Gasteiger partial charge in [0.2, 0.25) is 6.79 Å². The SMILES string of the molecule is CCCc1nc2c(c(=O)[nH]1)CN(Cc1cccc(-c3ccc4c(c3)OCO4)n1)CC2. The standard InChI is InChI=1S/C23H24N4O3/c1-2-4-22-25-19-9-10-27(13-17(19)23(28)26-22)12-16-5-3-6-18(24-16)15-7-8-20-21(11-15)30-14-29-20/h3,5-8,11H,2,4,9-10,12-14H2,1H3,(H,25,26,28). The van der Waals surface area contributed by atoms with Crippen molar-refractivity contribution in [1.29, 1.82) is 0 Å². The fraction of sp³-hybridized carbons (Fsp3) is 0.348. The molecule has 0 saturated heterocycles. The highest BCUT2D eigenvalue weighted by Crippen LogP contribution is 2.35. The van der Waals surface area contributed by atoms with Crippen LogP contribution in [0, 0.1) is 0 Å². The molecule has 7 heteroatoms. The number of aryl methyl sites for hydroxylation is 1. The van der Waals surface area contributed by atoms with Gasteiger partial charge in [0.05, 0.1) is 22.6 Å². The molecule has 0 saturated carbocycles. The topological polar surface area (TPSA) is 80.3 Å². The Bertz CT molecular complexity index is 1140. The van der Waals surface area contributed by atoms with Crippen molar-refractivity contribution in [3.63, 3.8) is 0 Å². The maximum absolute atomic E-state index is 12.5. The van der Waals surface area contributed by atoms with Crippen molar-refractivity contribution in [3.8, 4) is 22.8 Å². The number of nitrogens with one attached hydrogen (secondary N) is 1. The third kappa shape index (κ3) is 3.68. The third-order valence-electron chi connectivity index (χ3n) is 5.54. The molecule has 30 heavy (non-hydrogen) atoms. The molecule has 0 spiro atoms. The molecule has 0 bridgehead atoms. The Morgan fingerprint density at radius 2 is 2.03 bits per heavy atom. The van der Waals surface area contributed by atoms with E-state index in [1.807, 2.05) is 36.4 Å². The van der Waals surface area contributed by atoms with Crippen molar-refractivity contribution in [3.05, 3.63) is 69.5 Å². The summed E-state index contributed by atoms with van der Waals surface area (Å²) in [5, 5.41) is 0. The fourth-order valence-corrected chi connectivity index (χ4v) is 4.04. The van der Waals surface area contributed by atoms with Gasteiger partial charge in [-0.1, -0.05) is 13.0 Å². The molecule has 2 aliphatic heterocycles. The summed E-state index contributed by atoms with van der Waals surface area (Å²) in [5.41, 5.74) is 4.59. The molecule has 4 heterocycles. The number of aromatic amines is 1. The van der Waals surface area contributed by atoms with E-state index in [1.54, 1.807) is 0 Å². The van der Waals surface area contributed by atoms with Crippen LogP contribution < -0.4 is 15.0 Å². The quantitative estimate of drug-likeness (QED) is 0.704. The van der Waals surface area contributed by atoms with E-state index in [4.69, 9.17) is 14.5 Å². The minimum Gasteiger partial charge on any atom is -0.454 e. The maximum atomic E-state index is 12.5. The van der Waals surface area contributed by atoms with Crippen LogP contribution in [0.3, 0.4) is 0 Å². The molecule has 0 atom stereocenters.